The van der Waals surface area contributed by atoms with Crippen molar-refractivity contribution in [2.45, 2.75) is 32.8 Å². The average molecular weight is 391 g/mol. The van der Waals surface area contributed by atoms with Crippen LogP contribution in [0.15, 0.2) is 24.3 Å². The summed E-state index contributed by atoms with van der Waals surface area (Å²) in [5.41, 5.74) is 1.21. The first kappa shape index (κ1) is 19.4. The van der Waals surface area contributed by atoms with Crippen molar-refractivity contribution < 1.29 is 18.7 Å². The summed E-state index contributed by atoms with van der Waals surface area (Å²) in [7, 11) is 0. The van der Waals surface area contributed by atoms with Crippen molar-refractivity contribution in [3.63, 3.8) is 0 Å². The first-order chi connectivity index (χ1) is 12.9. The molecule has 8 heteroatoms. The Labute approximate surface area is 161 Å². The van der Waals surface area contributed by atoms with Gasteiger partial charge in [0.15, 0.2) is 5.13 Å². The van der Waals surface area contributed by atoms with E-state index in [1.807, 2.05) is 13.8 Å². The first-order valence-corrected chi connectivity index (χ1v) is 9.64. The van der Waals surface area contributed by atoms with Crippen LogP contribution in [0.5, 0.6) is 0 Å². The van der Waals surface area contributed by atoms with Crippen LogP contribution in [0.4, 0.5) is 9.52 Å². The molecule has 0 saturated carbocycles. The molecular formula is C19H22FN3O3S. The van der Waals surface area contributed by atoms with Crippen LogP contribution in [0.2, 0.25) is 0 Å². The molecule has 1 aromatic heterocycles. The molecular weight excluding hydrogens is 369 g/mol. The predicted molar refractivity (Wildman–Crippen MR) is 101 cm³/mol. The number of hydrogen-bond donors (Lipinski definition) is 1. The molecule has 1 unspecified atom stereocenters. The van der Waals surface area contributed by atoms with Crippen LogP contribution in [0.3, 0.4) is 0 Å². The van der Waals surface area contributed by atoms with Gasteiger partial charge >= 0.3 is 0 Å². The Morgan fingerprint density at radius 2 is 2.07 bits per heavy atom. The lowest BCUT2D eigenvalue weighted by Gasteiger charge is -2.25. The fraction of sp³-hybridized carbons (Fsp3) is 0.421. The molecule has 6 nitrogen and oxygen atoms in total. The molecule has 0 spiro atoms. The number of nitrogens with one attached hydrogen (secondary N) is 1. The minimum Gasteiger partial charge on any atom is -0.376 e. The largest absolute Gasteiger partial charge is 0.376 e. The summed E-state index contributed by atoms with van der Waals surface area (Å²) in [6.45, 7) is 4.67. The normalized spacial score (nSPS) is 16.3. The molecule has 1 fully saturated rings. The minimum atomic E-state index is -0.413. The monoisotopic (exact) mass is 391 g/mol. The molecule has 1 saturated heterocycles. The van der Waals surface area contributed by atoms with E-state index in [2.05, 4.69) is 10.3 Å². The van der Waals surface area contributed by atoms with Gasteiger partial charge in [-0.3, -0.25) is 9.59 Å². The van der Waals surface area contributed by atoms with Crippen molar-refractivity contribution >= 4 is 28.3 Å². The number of ether oxygens (including phenoxy) is 1. The van der Waals surface area contributed by atoms with E-state index < -0.39 is 5.82 Å². The molecule has 1 aromatic carbocycles. The summed E-state index contributed by atoms with van der Waals surface area (Å²) in [5, 5.41) is 3.26. The SMILES string of the molecule is Cc1nc(NC(=O)CN(CC2CCCO2)C(=O)c2ccc(F)cc2)sc1C. The Kier molecular flexibility index (Phi) is 6.18. The quantitative estimate of drug-likeness (QED) is 0.821. The first-order valence-electron chi connectivity index (χ1n) is 8.82. The van der Waals surface area contributed by atoms with Gasteiger partial charge in [-0.25, -0.2) is 9.37 Å². The number of halogens is 1. The van der Waals surface area contributed by atoms with Gasteiger partial charge in [-0.1, -0.05) is 0 Å². The molecule has 144 valence electrons. The predicted octanol–water partition coefficient (Wildman–Crippen LogP) is 3.16. The van der Waals surface area contributed by atoms with Crippen LogP contribution in [0.1, 0.15) is 33.8 Å². The standard InChI is InChI=1S/C19H22FN3O3S/c1-12-13(2)27-19(21-12)22-17(24)11-23(10-16-4-3-9-26-16)18(25)14-5-7-15(20)8-6-14/h5-8,16H,3-4,9-11H2,1-2H3,(H,21,22,24). The number of carbonyl (C=O) groups excluding carboxylic acids is 2. The molecule has 0 aliphatic carbocycles. The van der Waals surface area contributed by atoms with Gasteiger partial charge in [-0.2, -0.15) is 0 Å². The second-order valence-corrected chi connectivity index (χ2v) is 7.74. The molecule has 1 aliphatic heterocycles. The highest BCUT2D eigenvalue weighted by Crippen LogP contribution is 2.21. The zero-order chi connectivity index (χ0) is 19.4. The minimum absolute atomic E-state index is 0.0912. The van der Waals surface area contributed by atoms with E-state index in [0.29, 0.717) is 23.8 Å². The Bertz CT molecular complexity index is 797. The Morgan fingerprint density at radius 3 is 2.67 bits per heavy atom. The second-order valence-electron chi connectivity index (χ2n) is 6.54. The Morgan fingerprint density at radius 1 is 1.33 bits per heavy atom. The number of aromatic nitrogens is 1. The van der Waals surface area contributed by atoms with Crippen molar-refractivity contribution in [2.75, 3.05) is 25.0 Å². The lowest BCUT2D eigenvalue weighted by molar-refractivity contribution is -0.117. The smallest absolute Gasteiger partial charge is 0.254 e. The Balaban J connectivity index is 1.71. The van der Waals surface area contributed by atoms with Gasteiger partial charge in [0.1, 0.15) is 12.4 Å². The summed E-state index contributed by atoms with van der Waals surface area (Å²) < 4.78 is 18.8. The van der Waals surface area contributed by atoms with Crippen LogP contribution in [0, 0.1) is 19.7 Å². The maximum atomic E-state index is 13.2. The van der Waals surface area contributed by atoms with Crippen LogP contribution >= 0.6 is 11.3 Å². The highest BCUT2D eigenvalue weighted by molar-refractivity contribution is 7.15. The number of carbonyl (C=O) groups is 2. The van der Waals surface area contributed by atoms with Crippen molar-refractivity contribution in [3.8, 4) is 0 Å². The molecule has 1 atom stereocenters. The molecule has 2 amide bonds. The molecule has 0 bridgehead atoms. The lowest BCUT2D eigenvalue weighted by atomic mass is 10.1. The third-order valence-corrected chi connectivity index (χ3v) is 5.42. The van der Waals surface area contributed by atoms with Crippen molar-refractivity contribution in [3.05, 3.63) is 46.2 Å². The maximum Gasteiger partial charge on any atom is 0.254 e. The average Bonchev–Trinajstić information content (AvgIpc) is 3.24. The van der Waals surface area contributed by atoms with Gasteiger partial charge in [-0.15, -0.1) is 11.3 Å². The Hall–Kier alpha value is -2.32. The number of rotatable bonds is 6. The van der Waals surface area contributed by atoms with E-state index in [1.54, 1.807) is 0 Å². The molecule has 0 radical (unpaired) electrons. The summed E-state index contributed by atoms with van der Waals surface area (Å²) in [5.74, 6) is -1.06. The number of aryl methyl sites for hydroxylation is 2. The van der Waals surface area contributed by atoms with E-state index in [1.165, 1.54) is 40.5 Å². The number of anilines is 1. The van der Waals surface area contributed by atoms with Gasteiger partial charge in [0.05, 0.1) is 11.8 Å². The molecule has 1 N–H and O–H groups in total. The molecule has 2 aromatic rings. The molecule has 3 rings (SSSR count). The highest BCUT2D eigenvalue weighted by Gasteiger charge is 2.25. The summed E-state index contributed by atoms with van der Waals surface area (Å²) in [6.07, 6.45) is 1.69. The number of nitrogens with zero attached hydrogens (tertiary/aromatic N) is 2. The van der Waals surface area contributed by atoms with E-state index in [0.717, 1.165) is 23.4 Å². The van der Waals surface area contributed by atoms with Gasteiger partial charge in [0, 0.05) is 23.6 Å². The van der Waals surface area contributed by atoms with E-state index in [4.69, 9.17) is 4.74 Å². The van der Waals surface area contributed by atoms with Crippen molar-refractivity contribution in [2.24, 2.45) is 0 Å². The third kappa shape index (κ3) is 5.11. The summed E-state index contributed by atoms with van der Waals surface area (Å²) in [6, 6.07) is 5.31. The zero-order valence-corrected chi connectivity index (χ0v) is 16.1. The van der Waals surface area contributed by atoms with Gasteiger partial charge < -0.3 is 15.0 Å². The van der Waals surface area contributed by atoms with Crippen molar-refractivity contribution in [1.82, 2.24) is 9.88 Å². The van der Waals surface area contributed by atoms with Crippen molar-refractivity contribution in [1.29, 1.82) is 0 Å². The fourth-order valence-electron chi connectivity index (χ4n) is 2.89. The van der Waals surface area contributed by atoms with Crippen LogP contribution in [-0.2, 0) is 9.53 Å². The van der Waals surface area contributed by atoms with Gasteiger partial charge in [0.25, 0.3) is 5.91 Å². The topological polar surface area (TPSA) is 71.5 Å². The van der Waals surface area contributed by atoms with E-state index in [-0.39, 0.29) is 24.5 Å². The summed E-state index contributed by atoms with van der Waals surface area (Å²) >= 11 is 1.40. The zero-order valence-electron chi connectivity index (χ0n) is 15.3. The van der Waals surface area contributed by atoms with Crippen LogP contribution in [-0.4, -0.2) is 47.5 Å². The van der Waals surface area contributed by atoms with E-state index >= 15 is 0 Å². The fourth-order valence-corrected chi connectivity index (χ4v) is 3.72. The number of hydrogen-bond acceptors (Lipinski definition) is 5. The van der Waals surface area contributed by atoms with Crippen LogP contribution in [0.25, 0.3) is 0 Å². The number of amides is 2. The van der Waals surface area contributed by atoms with E-state index in [9.17, 15) is 14.0 Å². The van der Waals surface area contributed by atoms with Gasteiger partial charge in [0.2, 0.25) is 5.91 Å². The molecule has 1 aliphatic rings. The maximum absolute atomic E-state index is 13.2. The lowest BCUT2D eigenvalue weighted by Crippen LogP contribution is -2.42. The summed E-state index contributed by atoms with van der Waals surface area (Å²) in [4.78, 5) is 32.1. The third-order valence-electron chi connectivity index (χ3n) is 4.44. The number of benzene rings is 1. The second kappa shape index (κ2) is 8.58. The van der Waals surface area contributed by atoms with Gasteiger partial charge in [-0.05, 0) is 51.0 Å². The highest BCUT2D eigenvalue weighted by atomic mass is 32.1. The molecule has 27 heavy (non-hydrogen) atoms. The number of thiazole rings is 1. The molecule has 2 heterocycles. The van der Waals surface area contributed by atoms with Crippen LogP contribution < -0.4 is 5.32 Å².